The minimum Gasteiger partial charge on any atom is -0.385 e. The lowest BCUT2D eigenvalue weighted by Gasteiger charge is -2.39. The van der Waals surface area contributed by atoms with Crippen LogP contribution in [0.4, 0.5) is 4.79 Å². The SMILES string of the molecule is COCC1(C)NC(=O)N(C2CCC(O)(c3ccccc3)CC2)C1=O. The Morgan fingerprint density at radius 3 is 2.46 bits per heavy atom. The van der Waals surface area contributed by atoms with E-state index in [1.165, 1.54) is 12.0 Å². The zero-order valence-electron chi connectivity index (χ0n) is 14.1. The molecule has 2 aliphatic rings. The van der Waals surface area contributed by atoms with Crippen molar-refractivity contribution in [1.82, 2.24) is 10.2 Å². The highest BCUT2D eigenvalue weighted by atomic mass is 16.5. The second-order valence-corrected chi connectivity index (χ2v) is 7.00. The molecule has 0 bridgehead atoms. The zero-order chi connectivity index (χ0) is 17.4. The number of nitrogens with one attached hydrogen (secondary N) is 1. The van der Waals surface area contributed by atoms with Gasteiger partial charge in [0.1, 0.15) is 5.54 Å². The molecule has 0 spiro atoms. The molecule has 2 N–H and O–H groups in total. The van der Waals surface area contributed by atoms with Gasteiger partial charge in [0, 0.05) is 13.2 Å². The molecule has 1 saturated carbocycles. The predicted molar refractivity (Wildman–Crippen MR) is 88.3 cm³/mol. The number of urea groups is 1. The van der Waals surface area contributed by atoms with E-state index in [9.17, 15) is 14.7 Å². The molecule has 0 aromatic heterocycles. The fourth-order valence-electron chi connectivity index (χ4n) is 3.80. The molecule has 1 aliphatic carbocycles. The molecule has 130 valence electrons. The Morgan fingerprint density at radius 1 is 1.25 bits per heavy atom. The van der Waals surface area contributed by atoms with Crippen molar-refractivity contribution in [1.29, 1.82) is 0 Å². The number of carbonyl (C=O) groups is 2. The molecule has 1 aromatic carbocycles. The summed E-state index contributed by atoms with van der Waals surface area (Å²) in [6, 6.07) is 9.03. The van der Waals surface area contributed by atoms with Crippen molar-refractivity contribution in [2.75, 3.05) is 13.7 Å². The molecule has 6 heteroatoms. The summed E-state index contributed by atoms with van der Waals surface area (Å²) >= 11 is 0. The Bertz CT molecular complexity index is 625. The van der Waals surface area contributed by atoms with Gasteiger partial charge in [-0.2, -0.15) is 0 Å². The van der Waals surface area contributed by atoms with Crippen molar-refractivity contribution < 1.29 is 19.4 Å². The van der Waals surface area contributed by atoms with Crippen LogP contribution in [0.3, 0.4) is 0 Å². The summed E-state index contributed by atoms with van der Waals surface area (Å²) in [4.78, 5) is 26.3. The van der Waals surface area contributed by atoms with Gasteiger partial charge in [-0.25, -0.2) is 4.79 Å². The summed E-state index contributed by atoms with van der Waals surface area (Å²) < 4.78 is 5.07. The van der Waals surface area contributed by atoms with Gasteiger partial charge in [0.25, 0.3) is 5.91 Å². The Kier molecular flexibility index (Phi) is 4.36. The molecule has 1 unspecified atom stereocenters. The molecule has 1 atom stereocenters. The number of ether oxygens (including phenoxy) is 1. The molecule has 3 rings (SSSR count). The van der Waals surface area contributed by atoms with Crippen LogP contribution in [0.2, 0.25) is 0 Å². The van der Waals surface area contributed by atoms with E-state index in [-0.39, 0.29) is 24.6 Å². The topological polar surface area (TPSA) is 78.9 Å². The van der Waals surface area contributed by atoms with Crippen LogP contribution >= 0.6 is 0 Å². The summed E-state index contributed by atoms with van der Waals surface area (Å²) in [6.07, 6.45) is 2.24. The number of imide groups is 1. The van der Waals surface area contributed by atoms with Crippen LogP contribution in [-0.4, -0.2) is 47.2 Å². The third kappa shape index (κ3) is 2.80. The van der Waals surface area contributed by atoms with E-state index in [2.05, 4.69) is 5.32 Å². The largest absolute Gasteiger partial charge is 0.385 e. The Morgan fingerprint density at radius 2 is 1.88 bits per heavy atom. The van der Waals surface area contributed by atoms with Gasteiger partial charge in [0.2, 0.25) is 0 Å². The first-order valence-corrected chi connectivity index (χ1v) is 8.32. The lowest BCUT2D eigenvalue weighted by molar-refractivity contribution is -0.135. The zero-order valence-corrected chi connectivity index (χ0v) is 14.1. The number of methoxy groups -OCH3 is 1. The first-order valence-electron chi connectivity index (χ1n) is 8.32. The number of hydrogen-bond acceptors (Lipinski definition) is 4. The maximum Gasteiger partial charge on any atom is 0.325 e. The van der Waals surface area contributed by atoms with Crippen molar-refractivity contribution in [2.24, 2.45) is 0 Å². The van der Waals surface area contributed by atoms with Gasteiger partial charge in [-0.15, -0.1) is 0 Å². The fourth-order valence-corrected chi connectivity index (χ4v) is 3.80. The van der Waals surface area contributed by atoms with Crippen LogP contribution in [0.1, 0.15) is 38.2 Å². The summed E-state index contributed by atoms with van der Waals surface area (Å²) in [7, 11) is 1.51. The third-order valence-corrected chi connectivity index (χ3v) is 5.18. The lowest BCUT2D eigenvalue weighted by atomic mass is 9.77. The molecule has 24 heavy (non-hydrogen) atoms. The van der Waals surface area contributed by atoms with Crippen LogP contribution in [0, 0.1) is 0 Å². The first-order chi connectivity index (χ1) is 11.4. The van der Waals surface area contributed by atoms with E-state index >= 15 is 0 Å². The number of amides is 3. The summed E-state index contributed by atoms with van der Waals surface area (Å²) in [5.74, 6) is -0.246. The van der Waals surface area contributed by atoms with Gasteiger partial charge in [-0.3, -0.25) is 9.69 Å². The number of benzene rings is 1. The van der Waals surface area contributed by atoms with Crippen molar-refractivity contribution in [3.05, 3.63) is 35.9 Å². The first kappa shape index (κ1) is 16.9. The molecule has 6 nitrogen and oxygen atoms in total. The highest BCUT2D eigenvalue weighted by Crippen LogP contribution is 2.39. The van der Waals surface area contributed by atoms with Gasteiger partial charge in [0.15, 0.2) is 0 Å². The van der Waals surface area contributed by atoms with Crippen LogP contribution in [0.15, 0.2) is 30.3 Å². The molecule has 0 radical (unpaired) electrons. The molecule has 3 amide bonds. The minimum atomic E-state index is -1.00. The second kappa shape index (κ2) is 6.18. The van der Waals surface area contributed by atoms with Gasteiger partial charge in [-0.05, 0) is 38.2 Å². The Hall–Kier alpha value is -1.92. The van der Waals surface area contributed by atoms with E-state index < -0.39 is 11.1 Å². The monoisotopic (exact) mass is 332 g/mol. The van der Waals surface area contributed by atoms with Crippen LogP contribution in [-0.2, 0) is 15.1 Å². The van der Waals surface area contributed by atoms with E-state index in [4.69, 9.17) is 4.74 Å². The number of carbonyl (C=O) groups excluding carboxylic acids is 2. The van der Waals surface area contributed by atoms with Crippen LogP contribution < -0.4 is 5.32 Å². The van der Waals surface area contributed by atoms with Gasteiger partial charge >= 0.3 is 6.03 Å². The molecule has 1 aromatic rings. The van der Waals surface area contributed by atoms with Gasteiger partial charge in [-0.1, -0.05) is 30.3 Å². The maximum atomic E-state index is 12.7. The normalized spacial score (nSPS) is 33.6. The van der Waals surface area contributed by atoms with E-state index in [0.717, 1.165) is 5.56 Å². The fraction of sp³-hybridized carbons (Fsp3) is 0.556. The summed E-state index contributed by atoms with van der Waals surface area (Å²) in [5.41, 5.74) is -0.990. The van der Waals surface area contributed by atoms with E-state index in [1.807, 2.05) is 30.3 Å². The standard InChI is InChI=1S/C18H24N2O4/c1-17(12-24-2)15(21)20(16(22)19-17)14-8-10-18(23,11-9-14)13-6-4-3-5-7-13/h3-7,14,23H,8-12H2,1-2H3,(H,19,22). The summed E-state index contributed by atoms with van der Waals surface area (Å²) in [5, 5.41) is 13.6. The van der Waals surface area contributed by atoms with Crippen molar-refractivity contribution in [2.45, 2.75) is 49.8 Å². The third-order valence-electron chi connectivity index (χ3n) is 5.18. The molecule has 2 fully saturated rings. The van der Waals surface area contributed by atoms with Crippen molar-refractivity contribution in [3.8, 4) is 0 Å². The predicted octanol–water partition coefficient (Wildman–Crippen LogP) is 1.77. The highest BCUT2D eigenvalue weighted by molar-refractivity contribution is 6.07. The average Bonchev–Trinajstić information content (AvgIpc) is 2.79. The number of nitrogens with zero attached hydrogens (tertiary/aromatic N) is 1. The lowest BCUT2D eigenvalue weighted by Crippen LogP contribution is -2.49. The molecule has 1 saturated heterocycles. The highest BCUT2D eigenvalue weighted by Gasteiger charge is 2.51. The Balaban J connectivity index is 1.71. The second-order valence-electron chi connectivity index (χ2n) is 7.00. The van der Waals surface area contributed by atoms with Crippen LogP contribution in [0.5, 0.6) is 0 Å². The Labute approximate surface area is 141 Å². The average molecular weight is 332 g/mol. The van der Waals surface area contributed by atoms with E-state index in [0.29, 0.717) is 25.7 Å². The van der Waals surface area contributed by atoms with Crippen LogP contribution in [0.25, 0.3) is 0 Å². The number of rotatable bonds is 4. The van der Waals surface area contributed by atoms with Crippen molar-refractivity contribution >= 4 is 11.9 Å². The van der Waals surface area contributed by atoms with Gasteiger partial charge in [0.05, 0.1) is 12.2 Å². The molecule has 1 heterocycles. The van der Waals surface area contributed by atoms with E-state index in [1.54, 1.807) is 6.92 Å². The number of hydrogen-bond donors (Lipinski definition) is 2. The van der Waals surface area contributed by atoms with Crippen molar-refractivity contribution in [3.63, 3.8) is 0 Å². The molecular weight excluding hydrogens is 308 g/mol. The molecular formula is C18H24N2O4. The molecule has 1 aliphatic heterocycles. The maximum absolute atomic E-state index is 12.7. The summed E-state index contributed by atoms with van der Waals surface area (Å²) in [6.45, 7) is 1.83. The van der Waals surface area contributed by atoms with Gasteiger partial charge < -0.3 is 15.2 Å². The smallest absolute Gasteiger partial charge is 0.325 e. The quantitative estimate of drug-likeness (QED) is 0.824. The minimum absolute atomic E-state index is 0.148. The number of aliphatic hydroxyl groups is 1.